The van der Waals surface area contributed by atoms with Gasteiger partial charge >= 0.3 is 0 Å². The first-order chi connectivity index (χ1) is 13.3. The second-order valence-electron chi connectivity index (χ2n) is 6.13. The number of benzene rings is 3. The molecule has 3 rings (SSSR count). The minimum Gasteiger partial charge on any atom is -0.487 e. The molecule has 0 aliphatic carbocycles. The fourth-order valence-electron chi connectivity index (χ4n) is 2.63. The number of halogens is 1. The summed E-state index contributed by atoms with van der Waals surface area (Å²) in [5, 5.41) is 2.83. The van der Waals surface area contributed by atoms with E-state index in [9.17, 15) is 13.2 Å². The molecule has 144 valence electrons. The molecule has 1 N–H and O–H groups in total. The highest BCUT2D eigenvalue weighted by molar-refractivity contribution is 9.10. The Labute approximate surface area is 172 Å². The van der Waals surface area contributed by atoms with Crippen LogP contribution in [-0.2, 0) is 16.4 Å². The number of anilines is 1. The van der Waals surface area contributed by atoms with Crippen LogP contribution in [-0.4, -0.2) is 20.6 Å². The van der Waals surface area contributed by atoms with E-state index in [0.29, 0.717) is 22.6 Å². The molecule has 0 aromatic heterocycles. The molecular weight excluding hydrogens is 442 g/mol. The smallest absolute Gasteiger partial charge is 0.255 e. The summed E-state index contributed by atoms with van der Waals surface area (Å²) in [4.78, 5) is 12.7. The molecule has 0 bridgehead atoms. The van der Waals surface area contributed by atoms with E-state index in [1.54, 1.807) is 72.8 Å². The van der Waals surface area contributed by atoms with Crippen LogP contribution in [0.2, 0.25) is 0 Å². The number of nitrogens with one attached hydrogen (secondary N) is 1. The quantitative estimate of drug-likeness (QED) is 0.580. The van der Waals surface area contributed by atoms with E-state index in [1.165, 1.54) is 0 Å². The lowest BCUT2D eigenvalue weighted by atomic mass is 10.2. The van der Waals surface area contributed by atoms with E-state index in [1.807, 2.05) is 0 Å². The van der Waals surface area contributed by atoms with Crippen molar-refractivity contribution in [1.82, 2.24) is 0 Å². The zero-order valence-corrected chi connectivity index (χ0v) is 17.5. The molecule has 0 saturated heterocycles. The van der Waals surface area contributed by atoms with E-state index in [0.717, 1.165) is 10.7 Å². The summed E-state index contributed by atoms with van der Waals surface area (Å²) in [6.07, 6.45) is 1.16. The van der Waals surface area contributed by atoms with Gasteiger partial charge in [-0.2, -0.15) is 0 Å². The number of carbonyl (C=O) groups excluding carboxylic acids is 1. The minimum atomic E-state index is -3.36. The summed E-state index contributed by atoms with van der Waals surface area (Å²) in [7, 11) is -3.36. The number of sulfone groups is 1. The molecule has 7 heteroatoms. The molecule has 0 atom stereocenters. The monoisotopic (exact) mass is 459 g/mol. The summed E-state index contributed by atoms with van der Waals surface area (Å²) >= 11 is 3.34. The highest BCUT2D eigenvalue weighted by Crippen LogP contribution is 2.26. The van der Waals surface area contributed by atoms with Crippen molar-refractivity contribution in [3.63, 3.8) is 0 Å². The molecule has 5 nitrogen and oxygen atoms in total. The molecule has 0 unspecified atom stereocenters. The molecular formula is C21H18BrNO4S. The van der Waals surface area contributed by atoms with Crippen LogP contribution < -0.4 is 10.1 Å². The van der Waals surface area contributed by atoms with Gasteiger partial charge in [0.15, 0.2) is 9.84 Å². The van der Waals surface area contributed by atoms with Crippen molar-refractivity contribution in [2.45, 2.75) is 11.5 Å². The van der Waals surface area contributed by atoms with Gasteiger partial charge in [0.2, 0.25) is 0 Å². The molecule has 0 radical (unpaired) electrons. The first kappa shape index (κ1) is 20.1. The number of ether oxygens (including phenoxy) is 1. The van der Waals surface area contributed by atoms with E-state index in [4.69, 9.17) is 4.74 Å². The lowest BCUT2D eigenvalue weighted by Crippen LogP contribution is -2.13. The van der Waals surface area contributed by atoms with Gasteiger partial charge in [-0.1, -0.05) is 46.3 Å². The zero-order chi connectivity index (χ0) is 20.1. The first-order valence-electron chi connectivity index (χ1n) is 8.41. The second kappa shape index (κ2) is 8.58. The van der Waals surface area contributed by atoms with Gasteiger partial charge in [-0.15, -0.1) is 0 Å². The van der Waals surface area contributed by atoms with Gasteiger partial charge in [0.25, 0.3) is 5.91 Å². The number of hydrogen-bond donors (Lipinski definition) is 1. The number of amides is 1. The molecule has 0 fully saturated rings. The average Bonchev–Trinajstić information content (AvgIpc) is 2.67. The van der Waals surface area contributed by atoms with Crippen molar-refractivity contribution in [3.8, 4) is 5.75 Å². The second-order valence-corrected chi connectivity index (χ2v) is 9.03. The Morgan fingerprint density at radius 3 is 2.32 bits per heavy atom. The van der Waals surface area contributed by atoms with Crippen LogP contribution in [0.4, 0.5) is 5.69 Å². The number of hydrogen-bond acceptors (Lipinski definition) is 4. The maximum atomic E-state index is 12.5. The summed E-state index contributed by atoms with van der Waals surface area (Å²) in [6, 6.07) is 20.7. The lowest BCUT2D eigenvalue weighted by Gasteiger charge is -2.14. The third-order valence-electron chi connectivity index (χ3n) is 4.00. The van der Waals surface area contributed by atoms with Gasteiger partial charge in [0.1, 0.15) is 12.4 Å². The van der Waals surface area contributed by atoms with Crippen molar-refractivity contribution in [1.29, 1.82) is 0 Å². The fraction of sp³-hybridized carbons (Fsp3) is 0.0952. The molecule has 0 aliphatic heterocycles. The van der Waals surface area contributed by atoms with Crippen LogP contribution in [0.3, 0.4) is 0 Å². The SMILES string of the molecule is CS(=O)(=O)c1ccccc1COc1ccccc1NC(=O)c1ccc(Br)cc1. The van der Waals surface area contributed by atoms with Gasteiger partial charge in [0, 0.05) is 21.9 Å². The molecule has 0 heterocycles. The number of para-hydroxylation sites is 2. The Balaban J connectivity index is 1.78. The summed E-state index contributed by atoms with van der Waals surface area (Å²) in [5.41, 5.74) is 1.58. The van der Waals surface area contributed by atoms with E-state index in [2.05, 4.69) is 21.2 Å². The van der Waals surface area contributed by atoms with Gasteiger partial charge in [-0.3, -0.25) is 4.79 Å². The normalized spacial score (nSPS) is 11.1. The van der Waals surface area contributed by atoms with Crippen LogP contribution in [0.15, 0.2) is 82.2 Å². The van der Waals surface area contributed by atoms with Crippen molar-refractivity contribution >= 4 is 37.4 Å². The Hall–Kier alpha value is -2.64. The number of carbonyl (C=O) groups is 1. The summed E-state index contributed by atoms with van der Waals surface area (Å²) in [5.74, 6) is 0.191. The zero-order valence-electron chi connectivity index (χ0n) is 15.1. The van der Waals surface area contributed by atoms with Crippen LogP contribution in [0, 0.1) is 0 Å². The maximum Gasteiger partial charge on any atom is 0.255 e. The highest BCUT2D eigenvalue weighted by Gasteiger charge is 2.14. The number of rotatable bonds is 6. The molecule has 3 aromatic carbocycles. The van der Waals surface area contributed by atoms with E-state index in [-0.39, 0.29) is 17.4 Å². The first-order valence-corrected chi connectivity index (χ1v) is 11.1. The standard InChI is InChI=1S/C21H18BrNO4S/c1-28(25,26)20-9-5-2-6-16(20)14-27-19-8-4-3-7-18(19)23-21(24)15-10-12-17(22)13-11-15/h2-13H,14H2,1H3,(H,23,24). The van der Waals surface area contributed by atoms with Crippen LogP contribution in [0.5, 0.6) is 5.75 Å². The van der Waals surface area contributed by atoms with Crippen molar-refractivity contribution in [3.05, 3.63) is 88.4 Å². The third kappa shape index (κ3) is 4.99. The highest BCUT2D eigenvalue weighted by atomic mass is 79.9. The predicted molar refractivity (Wildman–Crippen MR) is 112 cm³/mol. The lowest BCUT2D eigenvalue weighted by molar-refractivity contribution is 0.102. The Morgan fingerprint density at radius 2 is 1.61 bits per heavy atom. The minimum absolute atomic E-state index is 0.0639. The van der Waals surface area contributed by atoms with Crippen LogP contribution in [0.1, 0.15) is 15.9 Å². The topological polar surface area (TPSA) is 72.5 Å². The molecule has 28 heavy (non-hydrogen) atoms. The summed E-state index contributed by atoms with van der Waals surface area (Å²) < 4.78 is 30.6. The van der Waals surface area contributed by atoms with Crippen molar-refractivity contribution < 1.29 is 17.9 Å². The Bertz CT molecular complexity index is 1100. The predicted octanol–water partition coefficient (Wildman–Crippen LogP) is 4.68. The molecule has 0 aliphatic rings. The fourth-order valence-corrected chi connectivity index (χ4v) is 3.83. The van der Waals surface area contributed by atoms with Crippen molar-refractivity contribution in [2.75, 3.05) is 11.6 Å². The van der Waals surface area contributed by atoms with Crippen molar-refractivity contribution in [2.24, 2.45) is 0 Å². The largest absolute Gasteiger partial charge is 0.487 e. The van der Waals surface area contributed by atoms with E-state index >= 15 is 0 Å². The summed E-state index contributed by atoms with van der Waals surface area (Å²) in [6.45, 7) is 0.0639. The van der Waals surface area contributed by atoms with Gasteiger partial charge < -0.3 is 10.1 Å². The average molecular weight is 460 g/mol. The van der Waals surface area contributed by atoms with Crippen LogP contribution in [0.25, 0.3) is 0 Å². The molecule has 0 saturated carbocycles. The van der Waals surface area contributed by atoms with Gasteiger partial charge in [-0.05, 0) is 42.5 Å². The Kier molecular flexibility index (Phi) is 6.16. The van der Waals surface area contributed by atoms with Gasteiger partial charge in [0.05, 0.1) is 10.6 Å². The van der Waals surface area contributed by atoms with Gasteiger partial charge in [-0.25, -0.2) is 8.42 Å². The molecule has 3 aromatic rings. The molecule has 0 spiro atoms. The maximum absolute atomic E-state index is 12.5. The third-order valence-corrected chi connectivity index (χ3v) is 5.72. The molecule has 1 amide bonds. The Morgan fingerprint density at radius 1 is 0.964 bits per heavy atom. The van der Waals surface area contributed by atoms with Crippen LogP contribution >= 0.6 is 15.9 Å². The van der Waals surface area contributed by atoms with E-state index < -0.39 is 9.84 Å².